The van der Waals surface area contributed by atoms with Crippen molar-refractivity contribution in [1.29, 1.82) is 0 Å². The number of nitrogens with zero attached hydrogens (tertiary/aromatic N) is 4. The van der Waals surface area contributed by atoms with Gasteiger partial charge >= 0.3 is 0 Å². The SMILES string of the molecule is O=C1CN(c2ncnc3[nH]ncc23)CCN1. The predicted molar refractivity (Wildman–Crippen MR) is 56.9 cm³/mol. The molecule has 0 unspecified atom stereocenters. The topological polar surface area (TPSA) is 86.8 Å². The molecule has 1 aliphatic rings. The van der Waals surface area contributed by atoms with Crippen LogP contribution in [-0.2, 0) is 4.79 Å². The van der Waals surface area contributed by atoms with E-state index in [-0.39, 0.29) is 5.91 Å². The fourth-order valence-corrected chi connectivity index (χ4v) is 1.82. The zero-order valence-electron chi connectivity index (χ0n) is 8.47. The van der Waals surface area contributed by atoms with Crippen LogP contribution < -0.4 is 10.2 Å². The lowest BCUT2D eigenvalue weighted by molar-refractivity contribution is -0.120. The van der Waals surface area contributed by atoms with Crippen molar-refractivity contribution in [2.45, 2.75) is 0 Å². The lowest BCUT2D eigenvalue weighted by Crippen LogP contribution is -2.48. The van der Waals surface area contributed by atoms with Crippen LogP contribution in [0.4, 0.5) is 5.82 Å². The van der Waals surface area contributed by atoms with Gasteiger partial charge in [0.05, 0.1) is 18.1 Å². The summed E-state index contributed by atoms with van der Waals surface area (Å²) in [5, 5.41) is 10.3. The number of nitrogens with one attached hydrogen (secondary N) is 2. The minimum absolute atomic E-state index is 0.0153. The highest BCUT2D eigenvalue weighted by molar-refractivity contribution is 5.90. The maximum absolute atomic E-state index is 11.3. The second-order valence-corrected chi connectivity index (χ2v) is 3.60. The Morgan fingerprint density at radius 2 is 2.31 bits per heavy atom. The molecular formula is C9H10N6O. The molecule has 0 spiro atoms. The van der Waals surface area contributed by atoms with Crippen molar-refractivity contribution in [3.05, 3.63) is 12.5 Å². The summed E-state index contributed by atoms with van der Waals surface area (Å²) in [6.45, 7) is 1.72. The normalized spacial score (nSPS) is 16.5. The first kappa shape index (κ1) is 9.08. The number of aromatic amines is 1. The Labute approximate surface area is 90.9 Å². The van der Waals surface area contributed by atoms with Gasteiger partial charge in [-0.15, -0.1) is 0 Å². The molecule has 1 aliphatic heterocycles. The molecule has 2 aromatic heterocycles. The third-order valence-electron chi connectivity index (χ3n) is 2.56. The van der Waals surface area contributed by atoms with Gasteiger partial charge in [0.1, 0.15) is 12.1 Å². The molecule has 2 aromatic rings. The van der Waals surface area contributed by atoms with E-state index in [4.69, 9.17) is 0 Å². The van der Waals surface area contributed by atoms with Gasteiger partial charge in [-0.1, -0.05) is 0 Å². The molecule has 3 heterocycles. The van der Waals surface area contributed by atoms with Crippen LogP contribution in [-0.4, -0.2) is 45.7 Å². The third-order valence-corrected chi connectivity index (χ3v) is 2.56. The van der Waals surface area contributed by atoms with E-state index in [1.807, 2.05) is 4.90 Å². The average molecular weight is 218 g/mol. The highest BCUT2D eigenvalue weighted by Gasteiger charge is 2.19. The number of piperazine rings is 1. The predicted octanol–water partition coefficient (Wildman–Crippen LogP) is -0.711. The monoisotopic (exact) mass is 218 g/mol. The van der Waals surface area contributed by atoms with Crippen molar-refractivity contribution in [2.75, 3.05) is 24.5 Å². The van der Waals surface area contributed by atoms with Gasteiger partial charge in [-0.05, 0) is 0 Å². The molecule has 0 atom stereocenters. The summed E-state index contributed by atoms with van der Waals surface area (Å²) >= 11 is 0. The van der Waals surface area contributed by atoms with Gasteiger partial charge in [-0.3, -0.25) is 9.89 Å². The molecule has 0 saturated carbocycles. The molecule has 3 rings (SSSR count). The Hall–Kier alpha value is -2.18. The smallest absolute Gasteiger partial charge is 0.239 e. The Balaban J connectivity index is 2.04. The zero-order chi connectivity index (χ0) is 11.0. The van der Waals surface area contributed by atoms with Gasteiger partial charge in [-0.25, -0.2) is 9.97 Å². The molecule has 0 bridgehead atoms. The first-order chi connectivity index (χ1) is 7.84. The summed E-state index contributed by atoms with van der Waals surface area (Å²) < 4.78 is 0. The number of rotatable bonds is 1. The van der Waals surface area contributed by atoms with Gasteiger partial charge in [0.25, 0.3) is 0 Å². The number of amides is 1. The lowest BCUT2D eigenvalue weighted by Gasteiger charge is -2.27. The van der Waals surface area contributed by atoms with Crippen LogP contribution in [0.1, 0.15) is 0 Å². The summed E-state index contributed by atoms with van der Waals surface area (Å²) in [6.07, 6.45) is 3.15. The van der Waals surface area contributed by atoms with Crippen LogP contribution in [0.3, 0.4) is 0 Å². The summed E-state index contributed by atoms with van der Waals surface area (Å²) in [7, 11) is 0. The Morgan fingerprint density at radius 3 is 3.19 bits per heavy atom. The van der Waals surface area contributed by atoms with Crippen LogP contribution in [0.25, 0.3) is 11.0 Å². The number of hydrogen-bond acceptors (Lipinski definition) is 5. The average Bonchev–Trinajstić information content (AvgIpc) is 2.76. The van der Waals surface area contributed by atoms with Crippen molar-refractivity contribution < 1.29 is 4.79 Å². The minimum Gasteiger partial charge on any atom is -0.353 e. The molecule has 1 saturated heterocycles. The van der Waals surface area contributed by atoms with Crippen molar-refractivity contribution >= 4 is 22.8 Å². The summed E-state index contributed by atoms with van der Waals surface area (Å²) in [6, 6.07) is 0. The fourth-order valence-electron chi connectivity index (χ4n) is 1.82. The minimum atomic E-state index is 0.0153. The van der Waals surface area contributed by atoms with Crippen molar-refractivity contribution in [2.24, 2.45) is 0 Å². The molecule has 0 aromatic carbocycles. The molecule has 2 N–H and O–H groups in total. The molecule has 0 radical (unpaired) electrons. The van der Waals surface area contributed by atoms with E-state index in [0.29, 0.717) is 18.7 Å². The second kappa shape index (κ2) is 3.44. The Kier molecular flexibility index (Phi) is 1.95. The zero-order valence-corrected chi connectivity index (χ0v) is 8.47. The van der Waals surface area contributed by atoms with Gasteiger partial charge in [0.15, 0.2) is 5.65 Å². The number of carbonyl (C=O) groups is 1. The summed E-state index contributed by atoms with van der Waals surface area (Å²) in [4.78, 5) is 21.5. The number of anilines is 1. The molecule has 82 valence electrons. The first-order valence-corrected chi connectivity index (χ1v) is 5.00. The van der Waals surface area contributed by atoms with Crippen molar-refractivity contribution in [3.63, 3.8) is 0 Å². The van der Waals surface area contributed by atoms with Crippen LogP contribution in [0, 0.1) is 0 Å². The molecule has 7 nitrogen and oxygen atoms in total. The number of H-pyrrole nitrogens is 1. The van der Waals surface area contributed by atoms with E-state index in [2.05, 4.69) is 25.5 Å². The molecule has 7 heteroatoms. The maximum atomic E-state index is 11.3. The van der Waals surface area contributed by atoms with Crippen LogP contribution in [0.5, 0.6) is 0 Å². The maximum Gasteiger partial charge on any atom is 0.239 e. The van der Waals surface area contributed by atoms with Crippen molar-refractivity contribution in [3.8, 4) is 0 Å². The van der Waals surface area contributed by atoms with E-state index < -0.39 is 0 Å². The van der Waals surface area contributed by atoms with Gasteiger partial charge in [0, 0.05) is 13.1 Å². The quantitative estimate of drug-likeness (QED) is 0.660. The van der Waals surface area contributed by atoms with E-state index in [0.717, 1.165) is 17.7 Å². The van der Waals surface area contributed by atoms with Crippen LogP contribution >= 0.6 is 0 Å². The highest BCUT2D eigenvalue weighted by Crippen LogP contribution is 2.20. The molecule has 1 amide bonds. The van der Waals surface area contributed by atoms with E-state index in [1.165, 1.54) is 6.33 Å². The van der Waals surface area contributed by atoms with Gasteiger partial charge in [0.2, 0.25) is 5.91 Å². The molecule has 1 fully saturated rings. The fraction of sp³-hybridized carbons (Fsp3) is 0.333. The summed E-state index contributed by atoms with van der Waals surface area (Å²) in [5.41, 5.74) is 0.691. The van der Waals surface area contributed by atoms with Gasteiger partial charge in [-0.2, -0.15) is 5.10 Å². The molecule has 0 aliphatic carbocycles. The standard InChI is InChI=1S/C9H10N6O/c16-7-4-15(2-1-10-7)9-6-3-13-14-8(6)11-5-12-9/h3,5H,1-2,4H2,(H,10,16)(H,11,12,13,14). The van der Waals surface area contributed by atoms with E-state index in [9.17, 15) is 4.79 Å². The van der Waals surface area contributed by atoms with Crippen LogP contribution in [0.2, 0.25) is 0 Å². The Bertz CT molecular complexity index is 536. The molecule has 16 heavy (non-hydrogen) atoms. The van der Waals surface area contributed by atoms with E-state index >= 15 is 0 Å². The van der Waals surface area contributed by atoms with Crippen molar-refractivity contribution in [1.82, 2.24) is 25.5 Å². The largest absolute Gasteiger partial charge is 0.353 e. The number of carbonyl (C=O) groups excluding carboxylic acids is 1. The summed E-state index contributed by atoms with van der Waals surface area (Å²) in [5.74, 6) is 0.773. The molecular weight excluding hydrogens is 208 g/mol. The third kappa shape index (κ3) is 1.37. The van der Waals surface area contributed by atoms with Gasteiger partial charge < -0.3 is 10.2 Å². The number of fused-ring (bicyclic) bond motifs is 1. The highest BCUT2D eigenvalue weighted by atomic mass is 16.2. The second-order valence-electron chi connectivity index (χ2n) is 3.60. The lowest BCUT2D eigenvalue weighted by atomic mass is 10.3. The number of aromatic nitrogens is 4. The van der Waals surface area contributed by atoms with E-state index in [1.54, 1.807) is 6.20 Å². The van der Waals surface area contributed by atoms with Crippen LogP contribution in [0.15, 0.2) is 12.5 Å². The Morgan fingerprint density at radius 1 is 1.38 bits per heavy atom. The number of hydrogen-bond donors (Lipinski definition) is 2. The first-order valence-electron chi connectivity index (χ1n) is 5.00.